The molecule has 5 N–H and O–H groups in total. The molecule has 3 radical (unpaired) electrons. The minimum absolute atomic E-state index is 0. The lowest BCUT2D eigenvalue weighted by Gasteiger charge is -2.31. The summed E-state index contributed by atoms with van der Waals surface area (Å²) in [7, 11) is 0. The Labute approximate surface area is 64.6 Å². The van der Waals surface area contributed by atoms with E-state index in [1.54, 1.807) is 27.7 Å². The Balaban J connectivity index is -0.000000245. The van der Waals surface area contributed by atoms with Gasteiger partial charge in [-0.05, 0) is 27.7 Å². The smallest absolute Gasteiger partial charge is 0.0872 e. The Kier molecular flexibility index (Phi) is 6.53. The SMILES string of the molecule is CC(C)(O)C(C)(C)O.N.[B]. The van der Waals surface area contributed by atoms with Crippen molar-refractivity contribution >= 4 is 8.41 Å². The third-order valence-electron chi connectivity index (χ3n) is 1.50. The number of aliphatic hydroxyl groups is 2. The fourth-order valence-electron chi connectivity index (χ4n) is 0. The van der Waals surface area contributed by atoms with Crippen LogP contribution in [0, 0.1) is 0 Å². The second kappa shape index (κ2) is 3.96. The van der Waals surface area contributed by atoms with E-state index < -0.39 is 11.2 Å². The molecule has 0 aromatic heterocycles. The summed E-state index contributed by atoms with van der Waals surface area (Å²) >= 11 is 0. The second-order valence-corrected chi connectivity index (χ2v) is 3.12. The van der Waals surface area contributed by atoms with Crippen LogP contribution >= 0.6 is 0 Å². The van der Waals surface area contributed by atoms with Crippen molar-refractivity contribution in [3.63, 3.8) is 0 Å². The third-order valence-corrected chi connectivity index (χ3v) is 1.50. The molecule has 0 amide bonds. The van der Waals surface area contributed by atoms with Gasteiger partial charge in [-0.15, -0.1) is 0 Å². The average molecular weight is 146 g/mol. The predicted molar refractivity (Wildman–Crippen MR) is 43.4 cm³/mol. The molecule has 0 aliphatic heterocycles. The van der Waals surface area contributed by atoms with E-state index in [1.807, 2.05) is 0 Å². The first-order chi connectivity index (χ1) is 3.25. The summed E-state index contributed by atoms with van der Waals surface area (Å²) in [6.07, 6.45) is 0. The molecule has 61 valence electrons. The van der Waals surface area contributed by atoms with Crippen molar-refractivity contribution in [2.75, 3.05) is 0 Å². The molecule has 10 heavy (non-hydrogen) atoms. The van der Waals surface area contributed by atoms with Gasteiger partial charge in [0.1, 0.15) is 0 Å². The summed E-state index contributed by atoms with van der Waals surface area (Å²) in [5.41, 5.74) is -2.01. The van der Waals surface area contributed by atoms with E-state index in [0.717, 1.165) is 0 Å². The molecule has 0 saturated heterocycles. The van der Waals surface area contributed by atoms with E-state index >= 15 is 0 Å². The third kappa shape index (κ3) is 4.79. The molecule has 4 heteroatoms. The first kappa shape index (κ1) is 16.5. The first-order valence-corrected chi connectivity index (χ1v) is 2.70. The van der Waals surface area contributed by atoms with Crippen molar-refractivity contribution in [3.8, 4) is 0 Å². The fourth-order valence-corrected chi connectivity index (χ4v) is 0. The van der Waals surface area contributed by atoms with E-state index in [-0.39, 0.29) is 14.6 Å². The van der Waals surface area contributed by atoms with Crippen LogP contribution in [0.3, 0.4) is 0 Å². The van der Waals surface area contributed by atoms with E-state index in [0.29, 0.717) is 0 Å². The molecule has 0 fully saturated rings. The Hall–Kier alpha value is -0.0551. The maximum absolute atomic E-state index is 9.10. The molecule has 0 aliphatic rings. The van der Waals surface area contributed by atoms with E-state index in [2.05, 4.69) is 0 Å². The molecule has 0 saturated carbocycles. The van der Waals surface area contributed by atoms with Crippen molar-refractivity contribution in [3.05, 3.63) is 0 Å². The van der Waals surface area contributed by atoms with Crippen LogP contribution in [0.15, 0.2) is 0 Å². The number of hydrogen-bond donors (Lipinski definition) is 3. The van der Waals surface area contributed by atoms with Gasteiger partial charge in [0, 0.05) is 8.41 Å². The molecular weight excluding hydrogens is 129 g/mol. The summed E-state index contributed by atoms with van der Waals surface area (Å²) in [5.74, 6) is 0. The fraction of sp³-hybridized carbons (Fsp3) is 1.00. The summed E-state index contributed by atoms with van der Waals surface area (Å²) in [5, 5.41) is 18.2. The monoisotopic (exact) mass is 146 g/mol. The largest absolute Gasteiger partial charge is 0.387 e. The van der Waals surface area contributed by atoms with Gasteiger partial charge in [-0.1, -0.05) is 0 Å². The van der Waals surface area contributed by atoms with Crippen LogP contribution in [0.5, 0.6) is 0 Å². The van der Waals surface area contributed by atoms with Gasteiger partial charge < -0.3 is 16.4 Å². The highest BCUT2D eigenvalue weighted by atomic mass is 16.3. The first-order valence-electron chi connectivity index (χ1n) is 2.70. The lowest BCUT2D eigenvalue weighted by atomic mass is 9.90. The number of rotatable bonds is 1. The van der Waals surface area contributed by atoms with Crippen LogP contribution in [0.25, 0.3) is 0 Å². The molecule has 0 rings (SSSR count). The minimum atomic E-state index is -1.01. The van der Waals surface area contributed by atoms with Crippen LogP contribution in [0.2, 0.25) is 0 Å². The molecule has 0 aliphatic carbocycles. The van der Waals surface area contributed by atoms with E-state index in [4.69, 9.17) is 10.2 Å². The normalized spacial score (nSPS) is 11.4. The minimum Gasteiger partial charge on any atom is -0.387 e. The summed E-state index contributed by atoms with van der Waals surface area (Å²) in [6.45, 7) is 6.31. The zero-order valence-corrected chi connectivity index (χ0v) is 7.18. The van der Waals surface area contributed by atoms with Crippen LogP contribution in [-0.4, -0.2) is 29.8 Å². The molecule has 3 nitrogen and oxygen atoms in total. The van der Waals surface area contributed by atoms with Crippen molar-refractivity contribution in [1.82, 2.24) is 6.15 Å². The predicted octanol–water partition coefficient (Wildman–Crippen LogP) is 0.309. The topological polar surface area (TPSA) is 75.5 Å². The number of hydrogen-bond acceptors (Lipinski definition) is 3. The van der Waals surface area contributed by atoms with Crippen molar-refractivity contribution < 1.29 is 10.2 Å². The molecular formula is C6H17BNO2. The lowest BCUT2D eigenvalue weighted by Crippen LogP contribution is -2.44. The standard InChI is InChI=1S/C6H14O2.B.H3N/c1-5(2,7)6(3,4)8;;/h7-8H,1-4H3;;1H3. The second-order valence-electron chi connectivity index (χ2n) is 3.12. The molecule has 0 spiro atoms. The van der Waals surface area contributed by atoms with Gasteiger partial charge in [0.25, 0.3) is 0 Å². The van der Waals surface area contributed by atoms with Gasteiger partial charge in [0.2, 0.25) is 0 Å². The van der Waals surface area contributed by atoms with Crippen LogP contribution < -0.4 is 6.15 Å². The van der Waals surface area contributed by atoms with Gasteiger partial charge in [0.15, 0.2) is 0 Å². The van der Waals surface area contributed by atoms with Crippen LogP contribution in [0.4, 0.5) is 0 Å². The Bertz CT molecular complexity index is 70.7. The molecule has 0 unspecified atom stereocenters. The highest BCUT2D eigenvalue weighted by Crippen LogP contribution is 2.18. The summed E-state index contributed by atoms with van der Waals surface area (Å²) in [4.78, 5) is 0. The van der Waals surface area contributed by atoms with Gasteiger partial charge in [0.05, 0.1) is 11.2 Å². The zero-order valence-electron chi connectivity index (χ0n) is 7.18. The summed E-state index contributed by atoms with van der Waals surface area (Å²) < 4.78 is 0. The van der Waals surface area contributed by atoms with Gasteiger partial charge >= 0.3 is 0 Å². The molecule has 0 heterocycles. The molecule has 0 aromatic carbocycles. The quantitative estimate of drug-likeness (QED) is 0.466. The van der Waals surface area contributed by atoms with Crippen LogP contribution in [-0.2, 0) is 0 Å². The van der Waals surface area contributed by atoms with Crippen molar-refractivity contribution in [2.24, 2.45) is 0 Å². The molecule has 0 atom stereocenters. The maximum atomic E-state index is 9.10. The van der Waals surface area contributed by atoms with Gasteiger partial charge in [-0.25, -0.2) is 0 Å². The average Bonchev–Trinajstić information content (AvgIpc) is 1.25. The lowest BCUT2D eigenvalue weighted by molar-refractivity contribution is -0.107. The van der Waals surface area contributed by atoms with Crippen molar-refractivity contribution in [1.29, 1.82) is 0 Å². The highest BCUT2D eigenvalue weighted by Gasteiger charge is 2.31. The van der Waals surface area contributed by atoms with Gasteiger partial charge in [-0.2, -0.15) is 0 Å². The Morgan fingerprint density at radius 1 is 0.800 bits per heavy atom. The van der Waals surface area contributed by atoms with Crippen LogP contribution in [0.1, 0.15) is 27.7 Å². The van der Waals surface area contributed by atoms with E-state index in [9.17, 15) is 0 Å². The Morgan fingerprint density at radius 3 is 0.900 bits per heavy atom. The van der Waals surface area contributed by atoms with Gasteiger partial charge in [-0.3, -0.25) is 0 Å². The molecule has 0 bridgehead atoms. The Morgan fingerprint density at radius 2 is 0.900 bits per heavy atom. The highest BCUT2D eigenvalue weighted by molar-refractivity contribution is 5.75. The van der Waals surface area contributed by atoms with Crippen molar-refractivity contribution in [2.45, 2.75) is 38.9 Å². The molecule has 0 aromatic rings. The van der Waals surface area contributed by atoms with E-state index in [1.165, 1.54) is 0 Å². The summed E-state index contributed by atoms with van der Waals surface area (Å²) in [6, 6.07) is 0. The maximum Gasteiger partial charge on any atom is 0.0872 e. The zero-order chi connectivity index (χ0) is 7.00.